The molecule has 3 rings (SSSR count). The van der Waals surface area contributed by atoms with E-state index in [1.54, 1.807) is 0 Å². The largest absolute Gasteiger partial charge is 0.417 e. The van der Waals surface area contributed by atoms with E-state index in [0.717, 1.165) is 18.0 Å². The second kappa shape index (κ2) is 7.21. The maximum Gasteiger partial charge on any atom is 0.417 e. The van der Waals surface area contributed by atoms with Gasteiger partial charge in [0.05, 0.1) is 16.3 Å². The number of hydrogen-bond donors (Lipinski definition) is 1. The number of nitrogens with one attached hydrogen (secondary N) is 1. The van der Waals surface area contributed by atoms with Gasteiger partial charge in [-0.25, -0.2) is 4.98 Å². The Morgan fingerprint density at radius 1 is 1.36 bits per heavy atom. The van der Waals surface area contributed by atoms with Crippen molar-refractivity contribution < 1.29 is 18.0 Å². The Morgan fingerprint density at radius 2 is 2.08 bits per heavy atom. The zero-order chi connectivity index (χ0) is 18.0. The lowest BCUT2D eigenvalue weighted by molar-refractivity contribution is -0.137. The first-order chi connectivity index (χ1) is 11.8. The lowest BCUT2D eigenvalue weighted by atomic mass is 9.96. The van der Waals surface area contributed by atoms with Crippen LogP contribution in [-0.2, 0) is 11.0 Å². The summed E-state index contributed by atoms with van der Waals surface area (Å²) >= 11 is 7.48. The monoisotopic (exact) mass is 389 g/mol. The van der Waals surface area contributed by atoms with Gasteiger partial charge in [0, 0.05) is 30.6 Å². The van der Waals surface area contributed by atoms with Crippen LogP contribution in [0.4, 0.5) is 24.7 Å². The summed E-state index contributed by atoms with van der Waals surface area (Å²) in [6, 6.07) is 2.73. The van der Waals surface area contributed by atoms with Crippen LogP contribution in [0.5, 0.6) is 0 Å². The van der Waals surface area contributed by atoms with E-state index in [-0.39, 0.29) is 16.8 Å². The predicted octanol–water partition coefficient (Wildman–Crippen LogP) is 4.67. The topological polar surface area (TPSA) is 45.2 Å². The molecule has 0 atom stereocenters. The number of rotatable bonds is 3. The molecule has 3 heterocycles. The highest BCUT2D eigenvalue weighted by molar-refractivity contribution is 7.08. The number of amides is 1. The van der Waals surface area contributed by atoms with Gasteiger partial charge in [0.15, 0.2) is 0 Å². The van der Waals surface area contributed by atoms with Crippen LogP contribution in [0.3, 0.4) is 0 Å². The highest BCUT2D eigenvalue weighted by Crippen LogP contribution is 2.34. The molecule has 1 aliphatic rings. The zero-order valence-corrected chi connectivity index (χ0v) is 14.6. The maximum atomic E-state index is 12.7. The average molecular weight is 390 g/mol. The van der Waals surface area contributed by atoms with Crippen LogP contribution in [0.15, 0.2) is 29.1 Å². The Morgan fingerprint density at radius 3 is 2.64 bits per heavy atom. The summed E-state index contributed by atoms with van der Waals surface area (Å²) in [5, 5.41) is 6.58. The minimum atomic E-state index is -4.47. The Kier molecular flexibility index (Phi) is 5.19. The lowest BCUT2D eigenvalue weighted by Crippen LogP contribution is -2.38. The molecule has 0 aliphatic carbocycles. The predicted molar refractivity (Wildman–Crippen MR) is 92.1 cm³/mol. The number of nitrogens with zero attached hydrogens (tertiary/aromatic N) is 2. The molecule has 0 radical (unpaired) electrons. The first-order valence-electron chi connectivity index (χ1n) is 7.65. The standard InChI is InChI=1S/C16H15ClF3N3OS/c17-13-7-11(16(18,19)20)8-21-14(13)23-4-1-10(2-5-23)15(24)22-12-3-6-25-9-12/h3,6-10H,1-2,4-5H2,(H,22,24). The molecule has 1 saturated heterocycles. The molecule has 1 amide bonds. The third-order valence-electron chi connectivity index (χ3n) is 4.10. The summed E-state index contributed by atoms with van der Waals surface area (Å²) in [5.74, 6) is 0.153. The molecular weight excluding hydrogens is 375 g/mol. The van der Waals surface area contributed by atoms with Crippen molar-refractivity contribution in [2.45, 2.75) is 19.0 Å². The fraction of sp³-hybridized carbons (Fsp3) is 0.375. The number of pyridine rings is 1. The van der Waals surface area contributed by atoms with Gasteiger partial charge in [-0.15, -0.1) is 0 Å². The molecule has 0 spiro atoms. The molecular formula is C16H15ClF3N3OS. The molecule has 0 saturated carbocycles. The SMILES string of the molecule is O=C(Nc1ccsc1)C1CCN(c2ncc(C(F)(F)F)cc2Cl)CC1. The van der Waals surface area contributed by atoms with Crippen molar-refractivity contribution in [3.63, 3.8) is 0 Å². The highest BCUT2D eigenvalue weighted by Gasteiger charge is 2.33. The van der Waals surface area contributed by atoms with E-state index in [2.05, 4.69) is 10.3 Å². The first-order valence-corrected chi connectivity index (χ1v) is 8.97. The van der Waals surface area contributed by atoms with Crippen molar-refractivity contribution in [2.24, 2.45) is 5.92 Å². The van der Waals surface area contributed by atoms with E-state index in [0.29, 0.717) is 31.7 Å². The summed E-state index contributed by atoms with van der Waals surface area (Å²) < 4.78 is 38.0. The Hall–Kier alpha value is -1.80. The van der Waals surface area contributed by atoms with Crippen molar-refractivity contribution >= 4 is 40.4 Å². The third-order valence-corrected chi connectivity index (χ3v) is 5.06. The molecule has 2 aromatic heterocycles. The molecule has 4 nitrogen and oxygen atoms in total. The number of piperidine rings is 1. The number of hydrogen-bond acceptors (Lipinski definition) is 4. The van der Waals surface area contributed by atoms with Crippen LogP contribution < -0.4 is 10.2 Å². The second-order valence-corrected chi connectivity index (χ2v) is 6.98. The molecule has 134 valence electrons. The van der Waals surface area contributed by atoms with Crippen LogP contribution in [0.1, 0.15) is 18.4 Å². The van der Waals surface area contributed by atoms with E-state index in [1.165, 1.54) is 11.3 Å². The van der Waals surface area contributed by atoms with Gasteiger partial charge in [-0.3, -0.25) is 4.79 Å². The number of anilines is 2. The number of thiophene rings is 1. The number of alkyl halides is 3. The van der Waals surface area contributed by atoms with Crippen molar-refractivity contribution in [3.8, 4) is 0 Å². The van der Waals surface area contributed by atoms with Gasteiger partial charge in [0.25, 0.3) is 0 Å². The third kappa shape index (κ3) is 4.24. The zero-order valence-electron chi connectivity index (χ0n) is 13.0. The Labute approximate surface area is 151 Å². The van der Waals surface area contributed by atoms with E-state index in [1.807, 2.05) is 21.7 Å². The first kappa shape index (κ1) is 18.0. The molecule has 25 heavy (non-hydrogen) atoms. The lowest BCUT2D eigenvalue weighted by Gasteiger charge is -2.32. The van der Waals surface area contributed by atoms with Crippen LogP contribution in [-0.4, -0.2) is 24.0 Å². The normalized spacial score (nSPS) is 16.1. The Bertz CT molecular complexity index is 744. The van der Waals surface area contributed by atoms with Gasteiger partial charge in [-0.1, -0.05) is 11.6 Å². The van der Waals surface area contributed by atoms with Crippen LogP contribution in [0, 0.1) is 5.92 Å². The quantitative estimate of drug-likeness (QED) is 0.829. The van der Waals surface area contributed by atoms with Crippen LogP contribution >= 0.6 is 22.9 Å². The summed E-state index contributed by atoms with van der Waals surface area (Å²) in [5.41, 5.74) is -0.0869. The highest BCUT2D eigenvalue weighted by atomic mass is 35.5. The van der Waals surface area contributed by atoms with Crippen LogP contribution in [0.2, 0.25) is 5.02 Å². The molecule has 0 unspecified atom stereocenters. The minimum absolute atomic E-state index is 0.0315. The number of halogens is 4. The van der Waals surface area contributed by atoms with E-state index in [9.17, 15) is 18.0 Å². The number of carbonyl (C=O) groups excluding carboxylic acids is 1. The summed E-state index contributed by atoms with van der Waals surface area (Å²) in [6.45, 7) is 1.03. The molecule has 0 aromatic carbocycles. The maximum absolute atomic E-state index is 12.7. The fourth-order valence-electron chi connectivity index (χ4n) is 2.75. The molecule has 1 aliphatic heterocycles. The molecule has 2 aromatic rings. The van der Waals surface area contributed by atoms with Gasteiger partial charge in [0.2, 0.25) is 5.91 Å². The van der Waals surface area contributed by atoms with Gasteiger partial charge >= 0.3 is 6.18 Å². The van der Waals surface area contributed by atoms with Crippen molar-refractivity contribution in [3.05, 3.63) is 39.7 Å². The van der Waals surface area contributed by atoms with E-state index in [4.69, 9.17) is 11.6 Å². The van der Waals surface area contributed by atoms with Gasteiger partial charge in [-0.05, 0) is 30.4 Å². The smallest absolute Gasteiger partial charge is 0.355 e. The second-order valence-electron chi connectivity index (χ2n) is 5.79. The van der Waals surface area contributed by atoms with E-state index >= 15 is 0 Å². The van der Waals surface area contributed by atoms with Crippen LogP contribution in [0.25, 0.3) is 0 Å². The van der Waals surface area contributed by atoms with Gasteiger partial charge in [-0.2, -0.15) is 24.5 Å². The fourth-order valence-corrected chi connectivity index (χ4v) is 3.63. The van der Waals surface area contributed by atoms with Crippen molar-refractivity contribution in [2.75, 3.05) is 23.3 Å². The van der Waals surface area contributed by atoms with Gasteiger partial charge in [0.1, 0.15) is 5.82 Å². The minimum Gasteiger partial charge on any atom is -0.355 e. The van der Waals surface area contributed by atoms with Gasteiger partial charge < -0.3 is 10.2 Å². The molecule has 1 fully saturated rings. The average Bonchev–Trinajstić information content (AvgIpc) is 3.07. The van der Waals surface area contributed by atoms with E-state index < -0.39 is 11.7 Å². The summed E-state index contributed by atoms with van der Waals surface area (Å²) in [6.07, 6.45) is -2.50. The molecule has 9 heteroatoms. The number of carbonyl (C=O) groups is 1. The summed E-state index contributed by atoms with van der Waals surface area (Å²) in [4.78, 5) is 17.9. The van der Waals surface area contributed by atoms with Crippen molar-refractivity contribution in [1.82, 2.24) is 4.98 Å². The number of aromatic nitrogens is 1. The molecule has 1 N–H and O–H groups in total. The Balaban J connectivity index is 1.61. The summed E-state index contributed by atoms with van der Waals surface area (Å²) in [7, 11) is 0. The molecule has 0 bridgehead atoms. The van der Waals surface area contributed by atoms with Crippen molar-refractivity contribution in [1.29, 1.82) is 0 Å².